The van der Waals surface area contributed by atoms with E-state index in [-0.39, 0.29) is 5.91 Å². The van der Waals surface area contributed by atoms with E-state index in [4.69, 9.17) is 0 Å². The van der Waals surface area contributed by atoms with Crippen molar-refractivity contribution in [3.05, 3.63) is 23.9 Å². The van der Waals surface area contributed by atoms with E-state index in [2.05, 4.69) is 10.3 Å². The number of hydrogen-bond acceptors (Lipinski definition) is 3. The zero-order valence-electron chi connectivity index (χ0n) is 8.03. The maximum Gasteiger partial charge on any atom is 0.257 e. The molecule has 1 rings (SSSR count). The number of anilines is 1. The van der Waals surface area contributed by atoms with Crippen LogP contribution in [0.4, 0.5) is 5.82 Å². The van der Waals surface area contributed by atoms with E-state index < -0.39 is 0 Å². The number of carbonyl (C=O) groups excluding carboxylic acids is 1. The fourth-order valence-corrected chi connectivity index (χ4v) is 1.02. The molecule has 0 bridgehead atoms. The number of rotatable bonds is 2. The summed E-state index contributed by atoms with van der Waals surface area (Å²) in [4.78, 5) is 17.1. The van der Waals surface area contributed by atoms with Gasteiger partial charge in [-0.2, -0.15) is 0 Å². The number of hydrogen-bond donors (Lipinski definition) is 1. The van der Waals surface area contributed by atoms with Crippen LogP contribution in [0.15, 0.2) is 18.3 Å². The summed E-state index contributed by atoms with van der Waals surface area (Å²) in [6.07, 6.45) is 1.65. The van der Waals surface area contributed by atoms with Gasteiger partial charge < -0.3 is 10.2 Å². The maximum absolute atomic E-state index is 11.6. The first-order chi connectivity index (χ1) is 6.16. The van der Waals surface area contributed by atoms with Gasteiger partial charge in [0.05, 0.1) is 5.56 Å². The van der Waals surface area contributed by atoms with E-state index in [1.807, 2.05) is 0 Å². The lowest BCUT2D eigenvalue weighted by molar-refractivity contribution is 0.0828. The SMILES string of the molecule is CNc1ncccc1C(=O)N(C)C. The minimum Gasteiger partial charge on any atom is -0.372 e. The van der Waals surface area contributed by atoms with Crippen molar-refractivity contribution in [2.75, 3.05) is 26.5 Å². The molecule has 0 saturated heterocycles. The van der Waals surface area contributed by atoms with Crippen LogP contribution in [0.25, 0.3) is 0 Å². The Morgan fingerprint density at radius 3 is 2.77 bits per heavy atom. The Kier molecular flexibility index (Phi) is 2.84. The van der Waals surface area contributed by atoms with Crippen LogP contribution in [0.2, 0.25) is 0 Å². The van der Waals surface area contributed by atoms with Crippen LogP contribution in [-0.4, -0.2) is 36.9 Å². The number of nitrogens with one attached hydrogen (secondary N) is 1. The molecule has 0 unspecified atom stereocenters. The highest BCUT2D eigenvalue weighted by Gasteiger charge is 2.12. The molecule has 0 aliphatic heterocycles. The number of pyridine rings is 1. The maximum atomic E-state index is 11.6. The van der Waals surface area contributed by atoms with Crippen molar-refractivity contribution >= 4 is 11.7 Å². The second-order valence-electron chi connectivity index (χ2n) is 2.85. The van der Waals surface area contributed by atoms with Crippen molar-refractivity contribution in [1.82, 2.24) is 9.88 Å². The van der Waals surface area contributed by atoms with Crippen LogP contribution in [0.5, 0.6) is 0 Å². The molecule has 4 heteroatoms. The van der Waals surface area contributed by atoms with Crippen LogP contribution in [0, 0.1) is 0 Å². The predicted molar refractivity (Wildman–Crippen MR) is 51.8 cm³/mol. The van der Waals surface area contributed by atoms with Crippen LogP contribution >= 0.6 is 0 Å². The Labute approximate surface area is 77.6 Å². The fourth-order valence-electron chi connectivity index (χ4n) is 1.02. The molecule has 1 heterocycles. The molecule has 0 spiro atoms. The highest BCUT2D eigenvalue weighted by atomic mass is 16.2. The molecule has 1 aromatic heterocycles. The van der Waals surface area contributed by atoms with Gasteiger partial charge in [0.2, 0.25) is 0 Å². The second kappa shape index (κ2) is 3.89. The van der Waals surface area contributed by atoms with Gasteiger partial charge in [-0.05, 0) is 12.1 Å². The van der Waals surface area contributed by atoms with Crippen molar-refractivity contribution in [2.45, 2.75) is 0 Å². The van der Waals surface area contributed by atoms with Gasteiger partial charge in [0.1, 0.15) is 5.82 Å². The number of nitrogens with zero attached hydrogens (tertiary/aromatic N) is 2. The molecule has 0 aliphatic rings. The average Bonchev–Trinajstić information content (AvgIpc) is 2.16. The van der Waals surface area contributed by atoms with Gasteiger partial charge in [-0.25, -0.2) is 4.98 Å². The van der Waals surface area contributed by atoms with E-state index in [0.717, 1.165) is 0 Å². The largest absolute Gasteiger partial charge is 0.372 e. The first-order valence-electron chi connectivity index (χ1n) is 4.01. The highest BCUT2D eigenvalue weighted by Crippen LogP contribution is 2.11. The van der Waals surface area contributed by atoms with Crippen molar-refractivity contribution < 1.29 is 4.79 Å². The standard InChI is InChI=1S/C9H13N3O/c1-10-8-7(5-4-6-11-8)9(13)12(2)3/h4-6H,1-3H3,(H,10,11). The first-order valence-corrected chi connectivity index (χ1v) is 4.01. The molecule has 0 saturated carbocycles. The highest BCUT2D eigenvalue weighted by molar-refractivity contribution is 5.98. The van der Waals surface area contributed by atoms with E-state index in [1.165, 1.54) is 4.90 Å². The first kappa shape index (κ1) is 9.51. The summed E-state index contributed by atoms with van der Waals surface area (Å²) in [5, 5.41) is 2.87. The lowest BCUT2D eigenvalue weighted by Crippen LogP contribution is -2.22. The van der Waals surface area contributed by atoms with Crippen LogP contribution in [0.3, 0.4) is 0 Å². The minimum atomic E-state index is -0.0440. The van der Waals surface area contributed by atoms with E-state index in [0.29, 0.717) is 11.4 Å². The Hall–Kier alpha value is -1.58. The lowest BCUT2D eigenvalue weighted by Gasteiger charge is -2.12. The van der Waals surface area contributed by atoms with Gasteiger partial charge in [0.15, 0.2) is 0 Å². The summed E-state index contributed by atoms with van der Waals surface area (Å²) < 4.78 is 0. The molecule has 0 radical (unpaired) electrons. The van der Waals surface area contributed by atoms with Gasteiger partial charge in [0, 0.05) is 27.3 Å². The molecule has 0 aromatic carbocycles. The van der Waals surface area contributed by atoms with E-state index >= 15 is 0 Å². The third kappa shape index (κ3) is 1.96. The smallest absolute Gasteiger partial charge is 0.257 e. The monoisotopic (exact) mass is 179 g/mol. The normalized spacial score (nSPS) is 9.46. The average molecular weight is 179 g/mol. The van der Waals surface area contributed by atoms with Gasteiger partial charge in [-0.15, -0.1) is 0 Å². The molecular weight excluding hydrogens is 166 g/mol. The molecule has 4 nitrogen and oxygen atoms in total. The molecule has 1 N–H and O–H groups in total. The molecule has 1 amide bonds. The van der Waals surface area contributed by atoms with Crippen molar-refractivity contribution in [2.24, 2.45) is 0 Å². The quantitative estimate of drug-likeness (QED) is 0.731. The van der Waals surface area contributed by atoms with Gasteiger partial charge >= 0.3 is 0 Å². The number of aromatic nitrogens is 1. The predicted octanol–water partition coefficient (Wildman–Crippen LogP) is 0.825. The molecule has 70 valence electrons. The molecule has 0 atom stereocenters. The summed E-state index contributed by atoms with van der Waals surface area (Å²) in [5.74, 6) is 0.568. The molecule has 13 heavy (non-hydrogen) atoms. The van der Waals surface area contributed by atoms with Gasteiger partial charge in [-0.1, -0.05) is 0 Å². The summed E-state index contributed by atoms with van der Waals surface area (Å²) in [6.45, 7) is 0. The van der Waals surface area contributed by atoms with Gasteiger partial charge in [-0.3, -0.25) is 4.79 Å². The summed E-state index contributed by atoms with van der Waals surface area (Å²) in [5.41, 5.74) is 0.593. The second-order valence-corrected chi connectivity index (χ2v) is 2.85. The van der Waals surface area contributed by atoms with Crippen molar-refractivity contribution in [1.29, 1.82) is 0 Å². The molecular formula is C9H13N3O. The Bertz CT molecular complexity index is 309. The Balaban J connectivity index is 3.06. The topological polar surface area (TPSA) is 45.2 Å². The van der Waals surface area contributed by atoms with Crippen LogP contribution < -0.4 is 5.32 Å². The van der Waals surface area contributed by atoms with Gasteiger partial charge in [0.25, 0.3) is 5.91 Å². The summed E-state index contributed by atoms with van der Waals surface area (Å²) in [6, 6.07) is 3.50. The Morgan fingerprint density at radius 2 is 2.23 bits per heavy atom. The van der Waals surface area contributed by atoms with Crippen molar-refractivity contribution in [3.63, 3.8) is 0 Å². The number of carbonyl (C=O) groups is 1. The zero-order chi connectivity index (χ0) is 9.84. The third-order valence-electron chi connectivity index (χ3n) is 1.68. The molecule has 0 aliphatic carbocycles. The molecule has 1 aromatic rings. The van der Waals surface area contributed by atoms with E-state index in [9.17, 15) is 4.79 Å². The van der Waals surface area contributed by atoms with E-state index in [1.54, 1.807) is 39.5 Å². The number of amides is 1. The summed E-state index contributed by atoms with van der Waals surface area (Å²) >= 11 is 0. The third-order valence-corrected chi connectivity index (χ3v) is 1.68. The van der Waals surface area contributed by atoms with Crippen LogP contribution in [-0.2, 0) is 0 Å². The van der Waals surface area contributed by atoms with Crippen LogP contribution in [0.1, 0.15) is 10.4 Å². The fraction of sp³-hybridized carbons (Fsp3) is 0.333. The molecule has 0 fully saturated rings. The minimum absolute atomic E-state index is 0.0440. The zero-order valence-corrected chi connectivity index (χ0v) is 8.03. The lowest BCUT2D eigenvalue weighted by atomic mass is 10.2. The Morgan fingerprint density at radius 1 is 1.54 bits per heavy atom. The summed E-state index contributed by atoms with van der Waals surface area (Å²) in [7, 11) is 5.18. The van der Waals surface area contributed by atoms with Crippen molar-refractivity contribution in [3.8, 4) is 0 Å².